The maximum absolute atomic E-state index is 11.4. The van der Waals surface area contributed by atoms with Gasteiger partial charge < -0.3 is 15.1 Å². The minimum Gasteiger partial charge on any atom is -0.479 e. The second-order valence-corrected chi connectivity index (χ2v) is 6.43. The lowest BCUT2D eigenvalue weighted by Gasteiger charge is -2.30. The van der Waals surface area contributed by atoms with Crippen LogP contribution < -0.4 is 0 Å². The molecule has 0 amide bonds. The van der Waals surface area contributed by atoms with E-state index in [1.54, 1.807) is 24.3 Å². The van der Waals surface area contributed by atoms with Gasteiger partial charge in [-0.3, -0.25) is 0 Å². The second kappa shape index (κ2) is 7.75. The number of nitrogens with zero attached hydrogens (tertiary/aromatic N) is 1. The smallest absolute Gasteiger partial charge is 0.340 e. The van der Waals surface area contributed by atoms with Gasteiger partial charge in [0.15, 0.2) is 5.60 Å². The van der Waals surface area contributed by atoms with Crippen molar-refractivity contribution in [3.8, 4) is 0 Å². The van der Waals surface area contributed by atoms with E-state index in [-0.39, 0.29) is 5.92 Å². The first-order valence-corrected chi connectivity index (χ1v) is 8.25. The van der Waals surface area contributed by atoms with Crippen LogP contribution in [0.25, 0.3) is 0 Å². The van der Waals surface area contributed by atoms with Gasteiger partial charge in [-0.2, -0.15) is 0 Å². The van der Waals surface area contributed by atoms with Gasteiger partial charge in [0.05, 0.1) is 0 Å². The van der Waals surface area contributed by atoms with Gasteiger partial charge in [-0.15, -0.1) is 0 Å². The molecule has 4 nitrogen and oxygen atoms in total. The molecule has 1 atom stereocenters. The Labute approximate surface area is 132 Å². The molecule has 1 saturated heterocycles. The van der Waals surface area contributed by atoms with Gasteiger partial charge in [-0.05, 0) is 51.4 Å². The molecule has 1 aromatic carbocycles. The van der Waals surface area contributed by atoms with E-state index in [0.29, 0.717) is 5.56 Å². The molecule has 2 fully saturated rings. The normalized spacial score (nSPS) is 21.9. The molecular formula is C18H27NO3. The maximum Gasteiger partial charge on any atom is 0.340 e. The largest absolute Gasteiger partial charge is 0.479 e. The number of benzene rings is 1. The van der Waals surface area contributed by atoms with Crippen LogP contribution in [0.4, 0.5) is 0 Å². The molecule has 22 heavy (non-hydrogen) atoms. The van der Waals surface area contributed by atoms with Crippen molar-refractivity contribution in [2.24, 2.45) is 5.92 Å². The predicted molar refractivity (Wildman–Crippen MR) is 86.7 cm³/mol. The molecule has 0 aromatic heterocycles. The maximum atomic E-state index is 11.4. The standard InChI is InChI=1S/C13H16O3.C5H11N/c14-12(15)13(16,11-8-4-5-9-11)10-6-2-1-3-7-10;1-6-4-2-3-5-6/h1-3,6-7,11,16H,4-5,8-9H2,(H,14,15);2-5H2,1H3. The number of aliphatic carboxylic acids is 1. The van der Waals surface area contributed by atoms with Crippen molar-refractivity contribution in [3.05, 3.63) is 35.9 Å². The zero-order valence-corrected chi connectivity index (χ0v) is 13.4. The van der Waals surface area contributed by atoms with E-state index in [1.807, 2.05) is 6.07 Å². The summed E-state index contributed by atoms with van der Waals surface area (Å²) >= 11 is 0. The van der Waals surface area contributed by atoms with Crippen LogP contribution in [-0.4, -0.2) is 41.2 Å². The van der Waals surface area contributed by atoms with Crippen LogP contribution in [0.3, 0.4) is 0 Å². The lowest BCUT2D eigenvalue weighted by molar-refractivity contribution is -0.166. The number of carbonyl (C=O) groups is 1. The molecule has 0 bridgehead atoms. The monoisotopic (exact) mass is 305 g/mol. The van der Waals surface area contributed by atoms with E-state index < -0.39 is 11.6 Å². The van der Waals surface area contributed by atoms with Crippen LogP contribution in [0.15, 0.2) is 30.3 Å². The lowest BCUT2D eigenvalue weighted by atomic mass is 9.80. The minimum absolute atomic E-state index is 0.160. The van der Waals surface area contributed by atoms with Crippen LogP contribution in [-0.2, 0) is 10.4 Å². The van der Waals surface area contributed by atoms with Crippen LogP contribution in [0.2, 0.25) is 0 Å². The molecule has 1 heterocycles. The van der Waals surface area contributed by atoms with Crippen LogP contribution >= 0.6 is 0 Å². The number of carboxylic acid groups (broad SMARTS) is 1. The Morgan fingerprint density at radius 3 is 2.05 bits per heavy atom. The first-order chi connectivity index (χ1) is 10.5. The molecule has 122 valence electrons. The first kappa shape index (κ1) is 17.0. The fourth-order valence-corrected chi connectivity index (χ4v) is 3.44. The van der Waals surface area contributed by atoms with Crippen molar-refractivity contribution in [2.75, 3.05) is 20.1 Å². The Morgan fingerprint density at radius 1 is 1.09 bits per heavy atom. The number of hydrogen-bond acceptors (Lipinski definition) is 3. The highest BCUT2D eigenvalue weighted by Gasteiger charge is 2.46. The molecule has 0 spiro atoms. The summed E-state index contributed by atoms with van der Waals surface area (Å²) < 4.78 is 0. The number of hydrogen-bond donors (Lipinski definition) is 2. The number of rotatable bonds is 3. The van der Waals surface area contributed by atoms with Gasteiger partial charge in [0.25, 0.3) is 0 Å². The van der Waals surface area contributed by atoms with Gasteiger partial charge in [-0.25, -0.2) is 4.79 Å². The van der Waals surface area contributed by atoms with E-state index >= 15 is 0 Å². The lowest BCUT2D eigenvalue weighted by Crippen LogP contribution is -2.42. The fourth-order valence-electron chi connectivity index (χ4n) is 3.44. The van der Waals surface area contributed by atoms with Crippen molar-refractivity contribution < 1.29 is 15.0 Å². The van der Waals surface area contributed by atoms with Crippen molar-refractivity contribution in [1.29, 1.82) is 0 Å². The van der Waals surface area contributed by atoms with E-state index in [0.717, 1.165) is 25.7 Å². The predicted octanol–water partition coefficient (Wildman–Crippen LogP) is 2.86. The molecule has 3 rings (SSSR count). The van der Waals surface area contributed by atoms with E-state index in [4.69, 9.17) is 0 Å². The van der Waals surface area contributed by atoms with Crippen molar-refractivity contribution in [1.82, 2.24) is 4.90 Å². The Morgan fingerprint density at radius 2 is 1.64 bits per heavy atom. The average Bonchev–Trinajstić information content (AvgIpc) is 3.21. The van der Waals surface area contributed by atoms with Gasteiger partial charge in [0.1, 0.15) is 0 Å². The highest BCUT2D eigenvalue weighted by molar-refractivity contribution is 5.79. The topological polar surface area (TPSA) is 60.8 Å². The SMILES string of the molecule is CN1CCCC1.O=C(O)C(O)(c1ccccc1)C1CCCC1. The summed E-state index contributed by atoms with van der Waals surface area (Å²) in [6.45, 7) is 2.64. The van der Waals surface area contributed by atoms with Gasteiger partial charge >= 0.3 is 5.97 Å². The summed E-state index contributed by atoms with van der Waals surface area (Å²) in [6.07, 6.45) is 6.42. The van der Waals surface area contributed by atoms with Crippen molar-refractivity contribution >= 4 is 5.97 Å². The third-order valence-corrected chi connectivity index (χ3v) is 4.82. The Hall–Kier alpha value is -1.39. The molecule has 1 aromatic rings. The number of aliphatic hydroxyl groups is 1. The number of likely N-dealkylation sites (tertiary alicyclic amines) is 1. The quantitative estimate of drug-likeness (QED) is 0.901. The molecule has 4 heteroatoms. The third kappa shape index (κ3) is 3.87. The molecule has 1 saturated carbocycles. The van der Waals surface area contributed by atoms with E-state index in [9.17, 15) is 15.0 Å². The summed E-state index contributed by atoms with van der Waals surface area (Å²) in [5, 5.41) is 19.8. The van der Waals surface area contributed by atoms with Crippen LogP contribution in [0, 0.1) is 5.92 Å². The third-order valence-electron chi connectivity index (χ3n) is 4.82. The molecule has 1 aliphatic heterocycles. The summed E-state index contributed by atoms with van der Waals surface area (Å²) in [7, 11) is 2.17. The molecule has 1 aliphatic carbocycles. The zero-order valence-electron chi connectivity index (χ0n) is 13.4. The summed E-state index contributed by atoms with van der Waals surface area (Å²) in [5.41, 5.74) is -1.22. The Balaban J connectivity index is 0.000000246. The van der Waals surface area contributed by atoms with Crippen LogP contribution in [0.5, 0.6) is 0 Å². The minimum atomic E-state index is -1.71. The summed E-state index contributed by atoms with van der Waals surface area (Å²) in [4.78, 5) is 13.7. The van der Waals surface area contributed by atoms with Gasteiger partial charge in [-0.1, -0.05) is 43.2 Å². The molecule has 2 N–H and O–H groups in total. The summed E-state index contributed by atoms with van der Waals surface area (Å²) in [6, 6.07) is 8.72. The molecule has 2 aliphatic rings. The van der Waals surface area contributed by atoms with E-state index in [2.05, 4.69) is 11.9 Å². The van der Waals surface area contributed by atoms with E-state index in [1.165, 1.54) is 25.9 Å². The van der Waals surface area contributed by atoms with Crippen molar-refractivity contribution in [2.45, 2.75) is 44.1 Å². The number of carboxylic acids is 1. The average molecular weight is 305 g/mol. The molecule has 1 unspecified atom stereocenters. The molecular weight excluding hydrogens is 278 g/mol. The van der Waals surface area contributed by atoms with Crippen LogP contribution in [0.1, 0.15) is 44.1 Å². The van der Waals surface area contributed by atoms with Crippen molar-refractivity contribution in [3.63, 3.8) is 0 Å². The zero-order chi connectivity index (χ0) is 16.0. The highest BCUT2D eigenvalue weighted by atomic mass is 16.4. The fraction of sp³-hybridized carbons (Fsp3) is 0.611. The Kier molecular flexibility index (Phi) is 5.98. The first-order valence-electron chi connectivity index (χ1n) is 8.25. The second-order valence-electron chi connectivity index (χ2n) is 6.43. The summed E-state index contributed by atoms with van der Waals surface area (Å²) in [5.74, 6) is -1.29. The molecule has 0 radical (unpaired) electrons. The highest BCUT2D eigenvalue weighted by Crippen LogP contribution is 2.40. The Bertz CT molecular complexity index is 464. The van der Waals surface area contributed by atoms with Gasteiger partial charge in [0, 0.05) is 5.92 Å². The van der Waals surface area contributed by atoms with Gasteiger partial charge in [0.2, 0.25) is 0 Å².